The average Bonchev–Trinajstić information content (AvgIpc) is 3.55. The van der Waals surface area contributed by atoms with Crippen molar-refractivity contribution >= 4 is 0 Å². The maximum Gasteiger partial charge on any atom is 0.119 e. The lowest BCUT2D eigenvalue weighted by molar-refractivity contribution is 0.0976. The molecule has 0 saturated carbocycles. The van der Waals surface area contributed by atoms with Crippen molar-refractivity contribution in [3.05, 3.63) is 53.6 Å². The SMILES string of the molecule is CC(C)(C1=CCC(COCC2CO2)C=C1)c1ccc(OCC2CO2)cc1. The summed E-state index contributed by atoms with van der Waals surface area (Å²) in [6.45, 7) is 8.39. The van der Waals surface area contributed by atoms with Gasteiger partial charge in [-0.1, -0.05) is 44.2 Å². The first kappa shape index (κ1) is 17.8. The fraction of sp³-hybridized carbons (Fsp3) is 0.545. The van der Waals surface area contributed by atoms with Crippen LogP contribution in [0.5, 0.6) is 5.75 Å². The minimum atomic E-state index is -0.0255. The quantitative estimate of drug-likeness (QED) is 0.634. The second-order valence-corrected chi connectivity index (χ2v) is 7.92. The molecule has 0 radical (unpaired) electrons. The molecule has 3 atom stereocenters. The van der Waals surface area contributed by atoms with Crippen LogP contribution in [0.1, 0.15) is 25.8 Å². The molecular formula is C22H28O4. The summed E-state index contributed by atoms with van der Waals surface area (Å²) >= 11 is 0. The topological polar surface area (TPSA) is 43.5 Å². The van der Waals surface area contributed by atoms with Crippen LogP contribution in [0.25, 0.3) is 0 Å². The summed E-state index contributed by atoms with van der Waals surface area (Å²) in [5.74, 6) is 1.37. The van der Waals surface area contributed by atoms with Crippen molar-refractivity contribution in [2.24, 2.45) is 5.92 Å². The molecule has 4 nitrogen and oxygen atoms in total. The van der Waals surface area contributed by atoms with E-state index in [0.717, 1.165) is 38.6 Å². The van der Waals surface area contributed by atoms with E-state index >= 15 is 0 Å². The smallest absolute Gasteiger partial charge is 0.119 e. The molecule has 0 spiro atoms. The summed E-state index contributed by atoms with van der Waals surface area (Å²) in [5.41, 5.74) is 2.63. The highest BCUT2D eigenvalue weighted by Gasteiger charge is 2.27. The molecule has 26 heavy (non-hydrogen) atoms. The van der Waals surface area contributed by atoms with E-state index in [1.54, 1.807) is 0 Å². The molecule has 1 aromatic rings. The summed E-state index contributed by atoms with van der Waals surface area (Å²) in [6.07, 6.45) is 8.58. The van der Waals surface area contributed by atoms with Gasteiger partial charge in [-0.2, -0.15) is 0 Å². The number of rotatable bonds is 9. The third-order valence-electron chi connectivity index (χ3n) is 5.36. The Bertz CT molecular complexity index is 666. The van der Waals surface area contributed by atoms with Crippen molar-refractivity contribution in [3.63, 3.8) is 0 Å². The Morgan fingerprint density at radius 3 is 2.31 bits per heavy atom. The monoisotopic (exact) mass is 356 g/mol. The van der Waals surface area contributed by atoms with Crippen molar-refractivity contribution in [1.29, 1.82) is 0 Å². The summed E-state index contributed by atoms with van der Waals surface area (Å²) in [7, 11) is 0. The molecule has 3 unspecified atom stereocenters. The Labute approximate surface area is 155 Å². The van der Waals surface area contributed by atoms with Crippen LogP contribution in [0.15, 0.2) is 48.1 Å². The third-order valence-corrected chi connectivity index (χ3v) is 5.36. The number of hydrogen-bond donors (Lipinski definition) is 0. The summed E-state index contributed by atoms with van der Waals surface area (Å²) in [4.78, 5) is 0. The van der Waals surface area contributed by atoms with Crippen LogP contribution < -0.4 is 4.74 Å². The molecular weight excluding hydrogens is 328 g/mol. The van der Waals surface area contributed by atoms with E-state index in [-0.39, 0.29) is 11.5 Å². The van der Waals surface area contributed by atoms with Gasteiger partial charge in [-0.05, 0) is 29.7 Å². The largest absolute Gasteiger partial charge is 0.491 e. The van der Waals surface area contributed by atoms with Crippen LogP contribution in [0.3, 0.4) is 0 Å². The van der Waals surface area contributed by atoms with Gasteiger partial charge in [0.25, 0.3) is 0 Å². The van der Waals surface area contributed by atoms with Gasteiger partial charge in [-0.25, -0.2) is 0 Å². The Balaban J connectivity index is 1.31. The number of epoxide rings is 2. The molecule has 1 aliphatic carbocycles. The lowest BCUT2D eigenvalue weighted by atomic mass is 9.75. The first-order valence-electron chi connectivity index (χ1n) is 9.54. The second kappa shape index (κ2) is 7.55. The normalized spacial score (nSPS) is 27.2. The van der Waals surface area contributed by atoms with Gasteiger partial charge >= 0.3 is 0 Å². The molecule has 3 aliphatic rings. The van der Waals surface area contributed by atoms with Crippen molar-refractivity contribution in [3.8, 4) is 5.75 Å². The van der Waals surface area contributed by atoms with E-state index in [0.29, 0.717) is 18.6 Å². The molecule has 0 bridgehead atoms. The highest BCUT2D eigenvalue weighted by Crippen LogP contribution is 2.36. The Kier molecular flexibility index (Phi) is 5.16. The van der Waals surface area contributed by atoms with Crippen LogP contribution >= 0.6 is 0 Å². The maximum absolute atomic E-state index is 5.74. The van der Waals surface area contributed by atoms with Crippen molar-refractivity contribution in [2.75, 3.05) is 33.0 Å². The van der Waals surface area contributed by atoms with Crippen LogP contribution in [0.2, 0.25) is 0 Å². The van der Waals surface area contributed by atoms with Crippen LogP contribution in [0, 0.1) is 5.92 Å². The zero-order chi connectivity index (χ0) is 18.0. The molecule has 140 valence electrons. The third kappa shape index (κ3) is 4.56. The summed E-state index contributed by atoms with van der Waals surface area (Å²) in [5, 5.41) is 0. The fourth-order valence-electron chi connectivity index (χ4n) is 3.25. The lowest BCUT2D eigenvalue weighted by Gasteiger charge is -2.30. The number of allylic oxidation sites excluding steroid dienone is 3. The van der Waals surface area contributed by atoms with E-state index < -0.39 is 0 Å². The van der Waals surface area contributed by atoms with Gasteiger partial charge in [0.05, 0.1) is 26.4 Å². The maximum atomic E-state index is 5.74. The van der Waals surface area contributed by atoms with Gasteiger partial charge in [0.1, 0.15) is 24.6 Å². The van der Waals surface area contributed by atoms with Crippen LogP contribution in [-0.2, 0) is 19.6 Å². The van der Waals surface area contributed by atoms with Gasteiger partial charge in [0, 0.05) is 11.3 Å². The average molecular weight is 356 g/mol. The van der Waals surface area contributed by atoms with Gasteiger partial charge in [-0.15, -0.1) is 0 Å². The standard InChI is InChI=1S/C22H28O4/c1-22(2,18-7-9-19(10-8-18)24-14-21-15-26-21)17-5-3-16(4-6-17)11-23-12-20-13-25-20/h3,5-10,16,20-21H,4,11-15H2,1-2H3. The van der Waals surface area contributed by atoms with E-state index in [1.807, 2.05) is 0 Å². The van der Waals surface area contributed by atoms with Crippen molar-refractivity contribution < 1.29 is 18.9 Å². The minimum Gasteiger partial charge on any atom is -0.491 e. The van der Waals surface area contributed by atoms with Gasteiger partial charge in [-0.3, -0.25) is 0 Å². The Morgan fingerprint density at radius 1 is 1.00 bits per heavy atom. The van der Waals surface area contributed by atoms with Gasteiger partial charge in [0.15, 0.2) is 0 Å². The first-order chi connectivity index (χ1) is 12.6. The number of benzene rings is 1. The van der Waals surface area contributed by atoms with Crippen LogP contribution in [0.4, 0.5) is 0 Å². The van der Waals surface area contributed by atoms with Gasteiger partial charge in [0.2, 0.25) is 0 Å². The number of hydrogen-bond acceptors (Lipinski definition) is 4. The van der Waals surface area contributed by atoms with Crippen molar-refractivity contribution in [1.82, 2.24) is 0 Å². The highest BCUT2D eigenvalue weighted by molar-refractivity contribution is 5.43. The molecule has 4 rings (SSSR count). The molecule has 2 saturated heterocycles. The molecule has 0 aromatic heterocycles. The Morgan fingerprint density at radius 2 is 1.69 bits per heavy atom. The van der Waals surface area contributed by atoms with E-state index in [1.165, 1.54) is 11.1 Å². The molecule has 2 aliphatic heterocycles. The van der Waals surface area contributed by atoms with E-state index in [9.17, 15) is 0 Å². The molecule has 2 fully saturated rings. The molecule has 2 heterocycles. The zero-order valence-electron chi connectivity index (χ0n) is 15.6. The predicted molar refractivity (Wildman–Crippen MR) is 101 cm³/mol. The molecule has 0 N–H and O–H groups in total. The molecule has 1 aromatic carbocycles. The zero-order valence-corrected chi connectivity index (χ0v) is 15.6. The van der Waals surface area contributed by atoms with Crippen LogP contribution in [-0.4, -0.2) is 45.2 Å². The highest BCUT2D eigenvalue weighted by atomic mass is 16.6. The lowest BCUT2D eigenvalue weighted by Crippen LogP contribution is -2.22. The summed E-state index contributed by atoms with van der Waals surface area (Å²) < 4.78 is 21.8. The second-order valence-electron chi connectivity index (χ2n) is 7.92. The fourth-order valence-corrected chi connectivity index (χ4v) is 3.25. The summed E-state index contributed by atoms with van der Waals surface area (Å²) in [6, 6.07) is 8.46. The Hall–Kier alpha value is -1.62. The molecule has 0 amide bonds. The number of ether oxygens (including phenoxy) is 4. The van der Waals surface area contributed by atoms with Crippen molar-refractivity contribution in [2.45, 2.75) is 37.9 Å². The molecule has 4 heteroatoms. The van der Waals surface area contributed by atoms with Gasteiger partial charge < -0.3 is 18.9 Å². The first-order valence-corrected chi connectivity index (χ1v) is 9.54. The minimum absolute atomic E-state index is 0.0255. The van der Waals surface area contributed by atoms with E-state index in [2.05, 4.69) is 56.3 Å². The van der Waals surface area contributed by atoms with E-state index in [4.69, 9.17) is 18.9 Å². The predicted octanol–water partition coefficient (Wildman–Crippen LogP) is 3.66.